The van der Waals surface area contributed by atoms with Crippen molar-refractivity contribution in [2.24, 2.45) is 0 Å². The van der Waals surface area contributed by atoms with Crippen LogP contribution >= 0.6 is 0 Å². The Kier molecular flexibility index (Phi) is 14.3. The molecule has 0 aromatic rings. The topological polar surface area (TPSA) is 99.5 Å². The number of rotatable bonds is 17. The van der Waals surface area contributed by atoms with Crippen LogP contribution in [0.25, 0.3) is 0 Å². The molecule has 0 fully saturated rings. The third kappa shape index (κ3) is 16.0. The highest BCUT2D eigenvalue weighted by Crippen LogP contribution is 1.99. The fraction of sp³-hybridized carbons (Fsp3) is 0.882. The minimum Gasteiger partial charge on any atom is -0.481 e. The number of hydrogen-bond acceptors (Lipinski definition) is 6. The van der Waals surface area contributed by atoms with E-state index in [1.54, 1.807) is 0 Å². The van der Waals surface area contributed by atoms with Crippen molar-refractivity contribution >= 4 is 11.9 Å². The summed E-state index contributed by atoms with van der Waals surface area (Å²) < 4.78 is 10.9. The van der Waals surface area contributed by atoms with Crippen molar-refractivity contribution in [3.63, 3.8) is 0 Å². The molecule has 0 atom stereocenters. The molecule has 0 aromatic heterocycles. The molecular formula is C17H34N2O6. The van der Waals surface area contributed by atoms with Gasteiger partial charge in [-0.3, -0.25) is 19.4 Å². The molecule has 8 nitrogen and oxygen atoms in total. The van der Waals surface area contributed by atoms with Gasteiger partial charge in [-0.15, -0.1) is 0 Å². The lowest BCUT2D eigenvalue weighted by molar-refractivity contribution is -0.138. The van der Waals surface area contributed by atoms with Crippen LogP contribution in [0.2, 0.25) is 0 Å². The highest BCUT2D eigenvalue weighted by molar-refractivity contribution is 5.67. The number of carboxylic acids is 2. The molecule has 0 bridgehead atoms. The average Bonchev–Trinajstić information content (AvgIpc) is 2.53. The third-order valence-corrected chi connectivity index (χ3v) is 3.63. The Balaban J connectivity index is 4.43. The summed E-state index contributed by atoms with van der Waals surface area (Å²) in [7, 11) is 0. The van der Waals surface area contributed by atoms with E-state index in [0.717, 1.165) is 0 Å². The van der Waals surface area contributed by atoms with Crippen LogP contribution in [0.5, 0.6) is 0 Å². The predicted molar refractivity (Wildman–Crippen MR) is 95.0 cm³/mol. The molecular weight excluding hydrogens is 328 g/mol. The standard InChI is InChI=1S/C17H34N2O6/c1-4-24-13-11-18(7-5-16(20)21)9-10-19(8-6-17(22)23)12-14-25-15(2)3/h15H,4-14H2,1-3H3,(H,20,21)(H,22,23). The van der Waals surface area contributed by atoms with Crippen LogP contribution in [-0.2, 0) is 19.1 Å². The van der Waals surface area contributed by atoms with Crippen LogP contribution in [0.1, 0.15) is 33.6 Å². The molecule has 148 valence electrons. The second kappa shape index (κ2) is 15.1. The number of carbonyl (C=O) groups is 2. The van der Waals surface area contributed by atoms with E-state index >= 15 is 0 Å². The Morgan fingerprint density at radius 3 is 1.72 bits per heavy atom. The van der Waals surface area contributed by atoms with Crippen LogP contribution in [0, 0.1) is 0 Å². The molecule has 0 heterocycles. The summed E-state index contributed by atoms with van der Waals surface area (Å²) in [6.45, 7) is 11.1. The molecule has 0 spiro atoms. The minimum atomic E-state index is -0.825. The van der Waals surface area contributed by atoms with Crippen molar-refractivity contribution in [2.45, 2.75) is 39.7 Å². The molecule has 0 unspecified atom stereocenters. The molecule has 25 heavy (non-hydrogen) atoms. The van der Waals surface area contributed by atoms with Crippen LogP contribution in [0.15, 0.2) is 0 Å². The molecule has 0 aliphatic heterocycles. The summed E-state index contributed by atoms with van der Waals surface area (Å²) in [4.78, 5) is 25.7. The van der Waals surface area contributed by atoms with Gasteiger partial charge in [0.05, 0.1) is 32.2 Å². The van der Waals surface area contributed by atoms with Crippen molar-refractivity contribution in [3.05, 3.63) is 0 Å². The van der Waals surface area contributed by atoms with Gasteiger partial charge in [0.15, 0.2) is 0 Å². The van der Waals surface area contributed by atoms with Crippen molar-refractivity contribution in [2.75, 3.05) is 59.1 Å². The van der Waals surface area contributed by atoms with Gasteiger partial charge in [0, 0.05) is 45.9 Å². The highest BCUT2D eigenvalue weighted by Gasteiger charge is 2.12. The summed E-state index contributed by atoms with van der Waals surface area (Å²) in [6.07, 6.45) is 0.299. The fourth-order valence-corrected chi connectivity index (χ4v) is 2.22. The van der Waals surface area contributed by atoms with Gasteiger partial charge in [0.1, 0.15) is 0 Å². The van der Waals surface area contributed by atoms with Crippen LogP contribution < -0.4 is 0 Å². The van der Waals surface area contributed by atoms with Gasteiger partial charge in [-0.25, -0.2) is 0 Å². The second-order valence-electron chi connectivity index (χ2n) is 6.09. The quantitative estimate of drug-likeness (QED) is 0.370. The summed E-state index contributed by atoms with van der Waals surface area (Å²) in [5.74, 6) is -1.65. The van der Waals surface area contributed by atoms with E-state index in [1.807, 2.05) is 30.6 Å². The first-order valence-electron chi connectivity index (χ1n) is 8.92. The van der Waals surface area contributed by atoms with Gasteiger partial charge in [0.25, 0.3) is 0 Å². The van der Waals surface area contributed by atoms with E-state index in [2.05, 4.69) is 0 Å². The van der Waals surface area contributed by atoms with Gasteiger partial charge in [-0.05, 0) is 20.8 Å². The molecule has 0 saturated carbocycles. The maximum absolute atomic E-state index is 10.8. The third-order valence-electron chi connectivity index (χ3n) is 3.63. The minimum absolute atomic E-state index is 0.0791. The van der Waals surface area contributed by atoms with E-state index in [4.69, 9.17) is 19.7 Å². The van der Waals surface area contributed by atoms with E-state index < -0.39 is 11.9 Å². The number of aliphatic carboxylic acids is 2. The number of hydrogen-bond donors (Lipinski definition) is 2. The van der Waals surface area contributed by atoms with E-state index in [1.165, 1.54) is 0 Å². The molecule has 0 aliphatic rings. The van der Waals surface area contributed by atoms with Crippen LogP contribution in [0.3, 0.4) is 0 Å². The molecule has 0 amide bonds. The number of nitrogens with zero attached hydrogens (tertiary/aromatic N) is 2. The maximum atomic E-state index is 10.8. The second-order valence-corrected chi connectivity index (χ2v) is 6.09. The molecule has 0 aliphatic carbocycles. The Morgan fingerprint density at radius 2 is 1.32 bits per heavy atom. The van der Waals surface area contributed by atoms with Crippen molar-refractivity contribution in [1.29, 1.82) is 0 Å². The molecule has 0 rings (SSSR count). The Labute approximate surface area is 150 Å². The lowest BCUT2D eigenvalue weighted by Gasteiger charge is -2.27. The van der Waals surface area contributed by atoms with Crippen molar-refractivity contribution < 1.29 is 29.3 Å². The van der Waals surface area contributed by atoms with Crippen LogP contribution in [0.4, 0.5) is 0 Å². The van der Waals surface area contributed by atoms with Gasteiger partial charge in [0.2, 0.25) is 0 Å². The molecule has 0 saturated heterocycles. The summed E-state index contributed by atoms with van der Waals surface area (Å²) in [5, 5.41) is 17.8. The number of carboxylic acid groups (broad SMARTS) is 2. The lowest BCUT2D eigenvalue weighted by Crippen LogP contribution is -2.40. The Bertz CT molecular complexity index is 365. The Hall–Kier alpha value is -1.22. The molecule has 2 N–H and O–H groups in total. The molecule has 0 aromatic carbocycles. The fourth-order valence-electron chi connectivity index (χ4n) is 2.22. The largest absolute Gasteiger partial charge is 0.481 e. The van der Waals surface area contributed by atoms with Gasteiger partial charge in [-0.1, -0.05) is 0 Å². The SMILES string of the molecule is CCOCCN(CCC(=O)O)CCN(CCOC(C)C)CCC(=O)O. The maximum Gasteiger partial charge on any atom is 0.304 e. The molecule has 8 heteroatoms. The predicted octanol–water partition coefficient (Wildman–Crippen LogP) is 1.00. The molecule has 0 radical (unpaired) electrons. The lowest BCUT2D eigenvalue weighted by atomic mass is 10.3. The Morgan fingerprint density at radius 1 is 0.840 bits per heavy atom. The zero-order valence-corrected chi connectivity index (χ0v) is 15.8. The first kappa shape index (κ1) is 23.8. The number of ether oxygens (including phenoxy) is 2. The van der Waals surface area contributed by atoms with Gasteiger partial charge < -0.3 is 19.7 Å². The van der Waals surface area contributed by atoms with E-state index in [9.17, 15) is 9.59 Å². The highest BCUT2D eigenvalue weighted by atomic mass is 16.5. The normalized spacial score (nSPS) is 11.6. The average molecular weight is 362 g/mol. The first-order valence-corrected chi connectivity index (χ1v) is 8.92. The van der Waals surface area contributed by atoms with Crippen LogP contribution in [-0.4, -0.2) is 97.1 Å². The monoisotopic (exact) mass is 362 g/mol. The summed E-state index contributed by atoms with van der Waals surface area (Å²) >= 11 is 0. The smallest absolute Gasteiger partial charge is 0.304 e. The van der Waals surface area contributed by atoms with Crippen molar-refractivity contribution in [1.82, 2.24) is 9.80 Å². The zero-order valence-electron chi connectivity index (χ0n) is 15.8. The summed E-state index contributed by atoms with van der Waals surface area (Å²) in [5.41, 5.74) is 0. The first-order chi connectivity index (χ1) is 11.8. The van der Waals surface area contributed by atoms with Gasteiger partial charge in [-0.2, -0.15) is 0 Å². The van der Waals surface area contributed by atoms with E-state index in [-0.39, 0.29) is 18.9 Å². The summed E-state index contributed by atoms with van der Waals surface area (Å²) in [6, 6.07) is 0. The zero-order chi connectivity index (χ0) is 19.1. The van der Waals surface area contributed by atoms with Crippen molar-refractivity contribution in [3.8, 4) is 0 Å². The van der Waals surface area contributed by atoms with Gasteiger partial charge >= 0.3 is 11.9 Å². The van der Waals surface area contributed by atoms with E-state index in [0.29, 0.717) is 59.1 Å².